The van der Waals surface area contributed by atoms with E-state index >= 15 is 0 Å². The highest BCUT2D eigenvalue weighted by Crippen LogP contribution is 2.25. The van der Waals surface area contributed by atoms with E-state index in [0.717, 1.165) is 29.9 Å². The zero-order chi connectivity index (χ0) is 21.5. The second-order valence-electron chi connectivity index (χ2n) is 7.32. The molecule has 0 saturated heterocycles. The third-order valence-corrected chi connectivity index (χ3v) is 5.61. The van der Waals surface area contributed by atoms with E-state index in [4.69, 9.17) is 0 Å². The maximum Gasteiger partial charge on any atom is 0.230 e. The van der Waals surface area contributed by atoms with E-state index in [-0.39, 0.29) is 29.4 Å². The molecule has 0 saturated carbocycles. The average Bonchev–Trinajstić information content (AvgIpc) is 3.14. The number of hydrogen-bond donors (Lipinski definition) is 1. The van der Waals surface area contributed by atoms with Crippen molar-refractivity contribution in [2.75, 3.05) is 5.75 Å². The first-order valence-corrected chi connectivity index (χ1v) is 11.0. The van der Waals surface area contributed by atoms with Gasteiger partial charge in [0.2, 0.25) is 5.91 Å². The molecule has 30 heavy (non-hydrogen) atoms. The maximum atomic E-state index is 13.2. The lowest BCUT2D eigenvalue weighted by Crippen LogP contribution is -2.33. The largest absolute Gasteiger partial charge is 0.348 e. The molecule has 158 valence electrons. The van der Waals surface area contributed by atoms with E-state index in [0.29, 0.717) is 5.16 Å². The van der Waals surface area contributed by atoms with Gasteiger partial charge in [-0.1, -0.05) is 44.7 Å². The lowest BCUT2D eigenvalue weighted by molar-refractivity contribution is -0.119. The minimum atomic E-state index is -0.289. The van der Waals surface area contributed by atoms with Crippen molar-refractivity contribution < 1.29 is 9.18 Å². The van der Waals surface area contributed by atoms with Gasteiger partial charge in [-0.15, -0.1) is 10.2 Å². The molecular formula is C22H26FN5OS. The summed E-state index contributed by atoms with van der Waals surface area (Å²) in [6.07, 6.45) is 4.38. The van der Waals surface area contributed by atoms with Gasteiger partial charge in [0, 0.05) is 24.5 Å². The van der Waals surface area contributed by atoms with Gasteiger partial charge >= 0.3 is 0 Å². The number of rotatable bonds is 9. The number of pyridine rings is 1. The van der Waals surface area contributed by atoms with Gasteiger partial charge in [0.05, 0.1) is 11.8 Å². The molecule has 8 heteroatoms. The van der Waals surface area contributed by atoms with Crippen LogP contribution in [0.2, 0.25) is 0 Å². The molecule has 0 aliphatic rings. The molecule has 0 spiro atoms. The minimum absolute atomic E-state index is 0.0977. The van der Waals surface area contributed by atoms with Crippen LogP contribution in [0, 0.1) is 11.7 Å². The summed E-state index contributed by atoms with van der Waals surface area (Å²) in [5.74, 6) is 0.783. The van der Waals surface area contributed by atoms with E-state index in [1.807, 2.05) is 30.5 Å². The van der Waals surface area contributed by atoms with Gasteiger partial charge in [0.15, 0.2) is 11.0 Å². The van der Waals surface area contributed by atoms with Gasteiger partial charge in [-0.2, -0.15) is 0 Å². The van der Waals surface area contributed by atoms with Crippen LogP contribution in [0.25, 0.3) is 11.4 Å². The Labute approximate surface area is 180 Å². The molecule has 1 amide bonds. The van der Waals surface area contributed by atoms with E-state index in [1.54, 1.807) is 24.5 Å². The summed E-state index contributed by atoms with van der Waals surface area (Å²) in [5.41, 5.74) is 1.83. The molecular weight excluding hydrogens is 401 g/mol. The van der Waals surface area contributed by atoms with Gasteiger partial charge in [-0.3, -0.25) is 9.78 Å². The Hall–Kier alpha value is -2.74. The smallest absolute Gasteiger partial charge is 0.230 e. The van der Waals surface area contributed by atoms with Crippen molar-refractivity contribution in [1.29, 1.82) is 0 Å². The molecule has 0 aliphatic carbocycles. The van der Waals surface area contributed by atoms with Crippen LogP contribution in [0.15, 0.2) is 53.9 Å². The van der Waals surface area contributed by atoms with Gasteiger partial charge in [0.1, 0.15) is 5.82 Å². The fraction of sp³-hybridized carbons (Fsp3) is 0.364. The summed E-state index contributed by atoms with van der Waals surface area (Å²) in [4.78, 5) is 16.7. The number of thioether (sulfide) groups is 1. The molecule has 0 aliphatic heterocycles. The first kappa shape index (κ1) is 22.0. The average molecular weight is 428 g/mol. The Kier molecular flexibility index (Phi) is 7.57. The second-order valence-corrected chi connectivity index (χ2v) is 8.27. The lowest BCUT2D eigenvalue weighted by atomic mass is 9.96. The third kappa shape index (κ3) is 5.44. The Balaban J connectivity index is 1.69. The number of aromatic nitrogens is 4. The van der Waals surface area contributed by atoms with E-state index in [2.05, 4.69) is 27.4 Å². The highest BCUT2D eigenvalue weighted by molar-refractivity contribution is 7.99. The first-order valence-electron chi connectivity index (χ1n) is 10.0. The predicted octanol–water partition coefficient (Wildman–Crippen LogP) is 4.49. The number of benzene rings is 1. The molecule has 0 radical (unpaired) electrons. The molecule has 1 atom stereocenters. The van der Waals surface area contributed by atoms with Gasteiger partial charge in [-0.25, -0.2) is 4.39 Å². The van der Waals surface area contributed by atoms with Crippen LogP contribution < -0.4 is 5.32 Å². The molecule has 1 aromatic carbocycles. The van der Waals surface area contributed by atoms with Crippen LogP contribution in [-0.4, -0.2) is 31.4 Å². The molecule has 0 bridgehead atoms. The van der Waals surface area contributed by atoms with E-state index in [1.165, 1.54) is 23.9 Å². The second kappa shape index (κ2) is 10.3. The van der Waals surface area contributed by atoms with Crippen molar-refractivity contribution in [2.45, 2.75) is 44.9 Å². The summed E-state index contributed by atoms with van der Waals surface area (Å²) in [6, 6.07) is 9.87. The van der Waals surface area contributed by atoms with Crippen molar-refractivity contribution >= 4 is 17.7 Å². The van der Waals surface area contributed by atoms with Crippen LogP contribution in [0.4, 0.5) is 4.39 Å². The highest BCUT2D eigenvalue weighted by atomic mass is 32.2. The third-order valence-electron chi connectivity index (χ3n) is 4.65. The predicted molar refractivity (Wildman–Crippen MR) is 116 cm³/mol. The standard InChI is InChI=1S/C22H26FN5OS/c1-4-13-28-21(17-9-11-24-12-10-17)26-27-22(28)30-14-19(29)25-20(15(2)3)16-5-7-18(23)8-6-16/h5-12,15,20H,4,13-14H2,1-3H3,(H,25,29). The molecule has 1 N–H and O–H groups in total. The van der Waals surface area contributed by atoms with Crippen molar-refractivity contribution in [3.8, 4) is 11.4 Å². The molecule has 2 heterocycles. The van der Waals surface area contributed by atoms with Crippen molar-refractivity contribution in [1.82, 2.24) is 25.1 Å². The number of carbonyl (C=O) groups is 1. The van der Waals surface area contributed by atoms with Crippen molar-refractivity contribution in [3.63, 3.8) is 0 Å². The Morgan fingerprint density at radius 2 is 1.83 bits per heavy atom. The Morgan fingerprint density at radius 3 is 2.47 bits per heavy atom. The molecule has 3 aromatic rings. The fourth-order valence-corrected chi connectivity index (χ4v) is 3.96. The van der Waals surface area contributed by atoms with Crippen LogP contribution in [-0.2, 0) is 11.3 Å². The van der Waals surface area contributed by atoms with Crippen LogP contribution in [0.5, 0.6) is 0 Å². The number of carbonyl (C=O) groups excluding carboxylic acids is 1. The molecule has 6 nitrogen and oxygen atoms in total. The Bertz CT molecular complexity index is 959. The number of amides is 1. The fourth-order valence-electron chi connectivity index (χ4n) is 3.19. The van der Waals surface area contributed by atoms with Gasteiger partial charge < -0.3 is 9.88 Å². The van der Waals surface area contributed by atoms with Crippen molar-refractivity contribution in [2.24, 2.45) is 5.92 Å². The van der Waals surface area contributed by atoms with Crippen molar-refractivity contribution in [3.05, 3.63) is 60.2 Å². The quantitative estimate of drug-likeness (QED) is 0.509. The summed E-state index contributed by atoms with van der Waals surface area (Å²) in [7, 11) is 0. The van der Waals surface area contributed by atoms with Gasteiger partial charge in [0.25, 0.3) is 0 Å². The highest BCUT2D eigenvalue weighted by Gasteiger charge is 2.20. The summed E-state index contributed by atoms with van der Waals surface area (Å²) < 4.78 is 15.3. The molecule has 1 unspecified atom stereocenters. The summed E-state index contributed by atoms with van der Waals surface area (Å²) in [6.45, 7) is 6.91. The Morgan fingerprint density at radius 1 is 1.13 bits per heavy atom. The monoisotopic (exact) mass is 427 g/mol. The normalized spacial score (nSPS) is 12.2. The number of halogens is 1. The van der Waals surface area contributed by atoms with Gasteiger partial charge in [-0.05, 0) is 42.2 Å². The number of hydrogen-bond acceptors (Lipinski definition) is 5. The molecule has 3 rings (SSSR count). The molecule has 2 aromatic heterocycles. The van der Waals surface area contributed by atoms with E-state index in [9.17, 15) is 9.18 Å². The number of nitrogens with one attached hydrogen (secondary N) is 1. The van der Waals surface area contributed by atoms with Crippen LogP contribution in [0.3, 0.4) is 0 Å². The van der Waals surface area contributed by atoms with E-state index < -0.39 is 0 Å². The SMILES string of the molecule is CCCn1c(SCC(=O)NC(c2ccc(F)cc2)C(C)C)nnc1-c1ccncc1. The summed E-state index contributed by atoms with van der Waals surface area (Å²) >= 11 is 1.36. The van der Waals surface area contributed by atoms with Crippen LogP contribution >= 0.6 is 11.8 Å². The minimum Gasteiger partial charge on any atom is -0.348 e. The maximum absolute atomic E-state index is 13.2. The molecule has 0 fully saturated rings. The zero-order valence-corrected chi connectivity index (χ0v) is 18.2. The van der Waals surface area contributed by atoms with Crippen LogP contribution in [0.1, 0.15) is 38.8 Å². The number of nitrogens with zero attached hydrogens (tertiary/aromatic N) is 4. The zero-order valence-electron chi connectivity index (χ0n) is 17.4. The summed E-state index contributed by atoms with van der Waals surface area (Å²) in [5, 5.41) is 12.4. The first-order chi connectivity index (χ1) is 14.5. The topological polar surface area (TPSA) is 72.7 Å². The lowest BCUT2D eigenvalue weighted by Gasteiger charge is -2.23.